The fourth-order valence-electron chi connectivity index (χ4n) is 2.86. The minimum atomic E-state index is -0.180. The van der Waals surface area contributed by atoms with E-state index in [0.717, 1.165) is 22.6 Å². The Balaban J connectivity index is 1.87. The molecule has 0 radical (unpaired) electrons. The van der Waals surface area contributed by atoms with Crippen molar-refractivity contribution in [3.05, 3.63) is 78.2 Å². The first kappa shape index (κ1) is 17.9. The molecule has 1 aromatic carbocycles. The first-order valence-electron chi connectivity index (χ1n) is 8.61. The van der Waals surface area contributed by atoms with Gasteiger partial charge in [0.15, 0.2) is 0 Å². The van der Waals surface area contributed by atoms with Gasteiger partial charge in [0.05, 0.1) is 10.7 Å². The minimum absolute atomic E-state index is 0.180. The van der Waals surface area contributed by atoms with Crippen LogP contribution in [0.1, 0.15) is 6.92 Å². The number of rotatable bonds is 4. The normalized spacial score (nSPS) is 10.6. The number of halogens is 1. The summed E-state index contributed by atoms with van der Waals surface area (Å²) < 4.78 is 1.90. The van der Waals surface area contributed by atoms with Crippen molar-refractivity contribution in [2.75, 3.05) is 5.32 Å². The number of benzene rings is 1. The summed E-state index contributed by atoms with van der Waals surface area (Å²) in [6.07, 6.45) is 5.26. The fraction of sp³-hybridized carbons (Fsp3) is 0.0476. The van der Waals surface area contributed by atoms with Crippen molar-refractivity contribution in [3.8, 4) is 28.5 Å². The van der Waals surface area contributed by atoms with Crippen LogP contribution in [0.3, 0.4) is 0 Å². The van der Waals surface area contributed by atoms with Crippen LogP contribution in [0.2, 0.25) is 5.02 Å². The molecule has 3 heterocycles. The van der Waals surface area contributed by atoms with Gasteiger partial charge in [0.2, 0.25) is 5.91 Å². The van der Waals surface area contributed by atoms with E-state index in [1.807, 2.05) is 59.3 Å². The maximum Gasteiger partial charge on any atom is 0.222 e. The molecule has 0 spiro atoms. The molecular formula is C21H16ClN5O. The van der Waals surface area contributed by atoms with Crippen molar-refractivity contribution in [1.29, 1.82) is 0 Å². The van der Waals surface area contributed by atoms with E-state index in [1.165, 1.54) is 6.92 Å². The Bertz CT molecular complexity index is 1140. The molecule has 7 heteroatoms. The summed E-state index contributed by atoms with van der Waals surface area (Å²) in [6, 6.07) is 16.8. The largest absolute Gasteiger partial charge is 0.311 e. The predicted molar refractivity (Wildman–Crippen MR) is 109 cm³/mol. The average molecular weight is 390 g/mol. The number of nitrogens with zero attached hydrogens (tertiary/aromatic N) is 4. The molecule has 6 nitrogen and oxygen atoms in total. The minimum Gasteiger partial charge on any atom is -0.311 e. The summed E-state index contributed by atoms with van der Waals surface area (Å²) in [4.78, 5) is 24.7. The van der Waals surface area contributed by atoms with Gasteiger partial charge < -0.3 is 5.32 Å². The highest BCUT2D eigenvalue weighted by Gasteiger charge is 2.16. The molecule has 0 aliphatic carbocycles. The van der Waals surface area contributed by atoms with Gasteiger partial charge in [-0.3, -0.25) is 9.36 Å². The monoisotopic (exact) mass is 389 g/mol. The quantitative estimate of drug-likeness (QED) is 0.553. The van der Waals surface area contributed by atoms with Crippen molar-refractivity contribution in [2.24, 2.45) is 0 Å². The van der Waals surface area contributed by atoms with Gasteiger partial charge in [0.25, 0.3) is 0 Å². The Hall–Kier alpha value is -3.51. The summed E-state index contributed by atoms with van der Waals surface area (Å²) in [5.41, 5.74) is 2.34. The zero-order chi connectivity index (χ0) is 19.5. The smallest absolute Gasteiger partial charge is 0.222 e. The van der Waals surface area contributed by atoms with Crippen LogP contribution in [0.25, 0.3) is 28.5 Å². The van der Waals surface area contributed by atoms with Gasteiger partial charge in [0.1, 0.15) is 17.5 Å². The lowest BCUT2D eigenvalue weighted by Gasteiger charge is -2.07. The highest BCUT2D eigenvalue weighted by atomic mass is 35.5. The van der Waals surface area contributed by atoms with Gasteiger partial charge in [-0.2, -0.15) is 0 Å². The lowest BCUT2D eigenvalue weighted by molar-refractivity contribution is -0.114. The molecule has 1 amide bonds. The van der Waals surface area contributed by atoms with Crippen LogP contribution < -0.4 is 5.32 Å². The molecule has 0 aliphatic rings. The Kier molecular flexibility index (Phi) is 4.87. The van der Waals surface area contributed by atoms with Crippen LogP contribution in [-0.2, 0) is 4.79 Å². The number of aromatic nitrogens is 4. The predicted octanol–water partition coefficient (Wildman–Crippen LogP) is 4.61. The maximum absolute atomic E-state index is 11.3. The molecular weight excluding hydrogens is 374 g/mol. The molecule has 0 aliphatic heterocycles. The number of imidazole rings is 1. The molecule has 3 aromatic heterocycles. The average Bonchev–Trinajstić information content (AvgIpc) is 3.14. The van der Waals surface area contributed by atoms with Crippen molar-refractivity contribution >= 4 is 23.3 Å². The van der Waals surface area contributed by atoms with E-state index >= 15 is 0 Å². The Morgan fingerprint density at radius 2 is 1.86 bits per heavy atom. The number of nitrogens with one attached hydrogen (secondary N) is 1. The molecule has 0 unspecified atom stereocenters. The van der Waals surface area contributed by atoms with Crippen molar-refractivity contribution in [3.63, 3.8) is 0 Å². The van der Waals surface area contributed by atoms with Gasteiger partial charge in [-0.25, -0.2) is 15.0 Å². The van der Waals surface area contributed by atoms with Gasteiger partial charge in [0, 0.05) is 36.6 Å². The van der Waals surface area contributed by atoms with Crippen LogP contribution in [0.4, 0.5) is 5.82 Å². The zero-order valence-corrected chi connectivity index (χ0v) is 15.8. The third kappa shape index (κ3) is 3.63. The molecule has 4 aromatic rings. The number of pyridine rings is 2. The summed E-state index contributed by atoms with van der Waals surface area (Å²) >= 11 is 6.42. The summed E-state index contributed by atoms with van der Waals surface area (Å²) in [5, 5.41) is 3.29. The molecule has 1 N–H and O–H groups in total. The molecule has 0 fully saturated rings. The van der Waals surface area contributed by atoms with E-state index in [4.69, 9.17) is 16.6 Å². The SMILES string of the molecule is CC(=O)Nc1cc(-c2cn(-c3ccccn3)c(-c3ccccc3Cl)n2)ccn1. The van der Waals surface area contributed by atoms with Crippen molar-refractivity contribution < 1.29 is 4.79 Å². The van der Waals surface area contributed by atoms with E-state index < -0.39 is 0 Å². The van der Waals surface area contributed by atoms with Crippen LogP contribution in [0.5, 0.6) is 0 Å². The lowest BCUT2D eigenvalue weighted by Crippen LogP contribution is -2.07. The highest BCUT2D eigenvalue weighted by molar-refractivity contribution is 6.33. The van der Waals surface area contributed by atoms with E-state index in [9.17, 15) is 4.79 Å². The van der Waals surface area contributed by atoms with Gasteiger partial charge >= 0.3 is 0 Å². The van der Waals surface area contributed by atoms with Crippen LogP contribution in [0, 0.1) is 0 Å². The molecule has 28 heavy (non-hydrogen) atoms. The van der Waals surface area contributed by atoms with Crippen LogP contribution in [-0.4, -0.2) is 25.4 Å². The number of amides is 1. The van der Waals surface area contributed by atoms with Crippen molar-refractivity contribution in [2.45, 2.75) is 6.92 Å². The van der Waals surface area contributed by atoms with Gasteiger partial charge in [-0.15, -0.1) is 0 Å². The van der Waals surface area contributed by atoms with Crippen LogP contribution >= 0.6 is 11.6 Å². The second-order valence-corrected chi connectivity index (χ2v) is 6.51. The number of anilines is 1. The highest BCUT2D eigenvalue weighted by Crippen LogP contribution is 2.31. The summed E-state index contributed by atoms with van der Waals surface area (Å²) in [6.45, 7) is 1.44. The topological polar surface area (TPSA) is 72.7 Å². The number of hydrogen-bond acceptors (Lipinski definition) is 4. The molecule has 0 saturated carbocycles. The Morgan fingerprint density at radius 3 is 2.61 bits per heavy atom. The maximum atomic E-state index is 11.3. The Labute approximate surface area is 166 Å². The van der Waals surface area contributed by atoms with E-state index in [2.05, 4.69) is 15.3 Å². The van der Waals surface area contributed by atoms with Gasteiger partial charge in [-0.1, -0.05) is 29.8 Å². The second-order valence-electron chi connectivity index (χ2n) is 6.10. The molecule has 138 valence electrons. The summed E-state index contributed by atoms with van der Waals surface area (Å²) in [7, 11) is 0. The standard InChI is InChI=1S/C21H16ClN5O/c1-14(28)25-19-12-15(9-11-23-19)18-13-27(20-8-4-5-10-24-20)21(26-18)16-6-2-3-7-17(16)22/h2-13H,1H3,(H,23,25,28). The second kappa shape index (κ2) is 7.62. The molecule has 0 bridgehead atoms. The lowest BCUT2D eigenvalue weighted by atomic mass is 10.2. The number of hydrogen-bond donors (Lipinski definition) is 1. The third-order valence-corrected chi connectivity index (χ3v) is 4.41. The van der Waals surface area contributed by atoms with E-state index in [-0.39, 0.29) is 5.91 Å². The molecule has 0 atom stereocenters. The van der Waals surface area contributed by atoms with E-state index in [0.29, 0.717) is 16.7 Å². The summed E-state index contributed by atoms with van der Waals surface area (Å²) in [5.74, 6) is 1.70. The fourth-order valence-corrected chi connectivity index (χ4v) is 3.08. The Morgan fingerprint density at radius 1 is 1.04 bits per heavy atom. The first-order valence-corrected chi connectivity index (χ1v) is 8.99. The third-order valence-electron chi connectivity index (χ3n) is 4.08. The number of carbonyl (C=O) groups excluding carboxylic acids is 1. The zero-order valence-electron chi connectivity index (χ0n) is 15.0. The number of carbonyl (C=O) groups is 1. The van der Waals surface area contributed by atoms with Gasteiger partial charge in [-0.05, 0) is 36.4 Å². The first-order chi connectivity index (χ1) is 13.6. The molecule has 4 rings (SSSR count). The van der Waals surface area contributed by atoms with Crippen LogP contribution in [0.15, 0.2) is 73.2 Å². The van der Waals surface area contributed by atoms with Crippen molar-refractivity contribution in [1.82, 2.24) is 19.5 Å². The van der Waals surface area contributed by atoms with E-state index in [1.54, 1.807) is 18.5 Å². The molecule has 0 saturated heterocycles.